The Kier molecular flexibility index (Phi) is 8.59. The molecule has 0 aromatic rings. The molecule has 0 bridgehead atoms. The van der Waals surface area contributed by atoms with Gasteiger partial charge in [0.05, 0.1) is 13.2 Å². The van der Waals surface area contributed by atoms with Crippen LogP contribution in [0.25, 0.3) is 0 Å². The molecule has 2 atom stereocenters. The first-order valence-electron chi connectivity index (χ1n) is 3.25. The van der Waals surface area contributed by atoms with Crippen LogP contribution in [0.5, 0.6) is 0 Å². The van der Waals surface area contributed by atoms with Crippen molar-refractivity contribution in [2.45, 2.75) is 0 Å². The fraction of sp³-hybridized carbons (Fsp3) is 1.00. The molecule has 0 spiro atoms. The first kappa shape index (κ1) is 13.0. The van der Waals surface area contributed by atoms with Gasteiger partial charge in [-0.05, 0) is 9.13 Å². The molecule has 0 aromatic heterocycles. The van der Waals surface area contributed by atoms with Crippen molar-refractivity contribution in [3.05, 3.63) is 0 Å². The highest BCUT2D eigenvalue weighted by atomic mass is 31.1. The molecule has 0 N–H and O–H groups in total. The van der Waals surface area contributed by atoms with Crippen molar-refractivity contribution in [1.29, 1.82) is 0 Å². The van der Waals surface area contributed by atoms with E-state index in [0.29, 0.717) is 0 Å². The SMILES string of the molecule is O=[P+]([O-])OCCOCCO[P+](=O)[O-]. The van der Waals surface area contributed by atoms with Crippen molar-refractivity contribution < 1.29 is 32.7 Å². The largest absolute Gasteiger partial charge is 0.566 e. The van der Waals surface area contributed by atoms with Gasteiger partial charge in [0.25, 0.3) is 0 Å². The average Bonchev–Trinajstić information content (AvgIpc) is 2.01. The Morgan fingerprint density at radius 1 is 0.846 bits per heavy atom. The van der Waals surface area contributed by atoms with Crippen molar-refractivity contribution in [2.24, 2.45) is 0 Å². The summed E-state index contributed by atoms with van der Waals surface area (Å²) in [6.07, 6.45) is 0. The molecule has 0 fully saturated rings. The third kappa shape index (κ3) is 12.0. The number of ether oxygens (including phenoxy) is 1. The molecule has 9 heteroatoms. The van der Waals surface area contributed by atoms with E-state index >= 15 is 0 Å². The van der Waals surface area contributed by atoms with E-state index in [-0.39, 0.29) is 26.4 Å². The smallest absolute Gasteiger partial charge is 0.488 e. The normalized spacial score (nSPS) is 12.8. The van der Waals surface area contributed by atoms with Gasteiger partial charge in [0.1, 0.15) is 13.2 Å². The summed E-state index contributed by atoms with van der Waals surface area (Å²) in [5, 5.41) is 0. The summed E-state index contributed by atoms with van der Waals surface area (Å²) in [6.45, 7) is -0.0188. The van der Waals surface area contributed by atoms with Crippen LogP contribution in [0.3, 0.4) is 0 Å². The summed E-state index contributed by atoms with van der Waals surface area (Å²) in [7, 11) is -5.69. The average molecular weight is 230 g/mol. The Balaban J connectivity index is 3.00. The lowest BCUT2D eigenvalue weighted by Gasteiger charge is -1.98. The zero-order chi connectivity index (χ0) is 10.1. The van der Waals surface area contributed by atoms with E-state index in [2.05, 4.69) is 9.05 Å². The van der Waals surface area contributed by atoms with Gasteiger partial charge in [0.15, 0.2) is 0 Å². The van der Waals surface area contributed by atoms with E-state index < -0.39 is 16.5 Å². The van der Waals surface area contributed by atoms with Crippen molar-refractivity contribution in [3.8, 4) is 0 Å². The van der Waals surface area contributed by atoms with Crippen molar-refractivity contribution in [3.63, 3.8) is 0 Å². The summed E-state index contributed by atoms with van der Waals surface area (Å²) >= 11 is 0. The summed E-state index contributed by atoms with van der Waals surface area (Å²) in [4.78, 5) is 19.7. The van der Waals surface area contributed by atoms with Crippen LogP contribution >= 0.6 is 16.5 Å². The number of hydrogen-bond acceptors (Lipinski definition) is 7. The van der Waals surface area contributed by atoms with E-state index in [1.807, 2.05) is 0 Å². The highest BCUT2D eigenvalue weighted by Gasteiger charge is 2.02. The van der Waals surface area contributed by atoms with Crippen LogP contribution in [0.2, 0.25) is 0 Å². The van der Waals surface area contributed by atoms with Gasteiger partial charge in [-0.15, -0.1) is 9.05 Å². The first-order chi connectivity index (χ1) is 6.13. The molecule has 0 aliphatic rings. The molecule has 0 saturated carbocycles. The van der Waals surface area contributed by atoms with Crippen LogP contribution < -0.4 is 9.79 Å². The topological polar surface area (TPSA) is 108 Å². The summed E-state index contributed by atoms with van der Waals surface area (Å²) in [5.41, 5.74) is 0. The van der Waals surface area contributed by atoms with Crippen molar-refractivity contribution in [2.75, 3.05) is 26.4 Å². The van der Waals surface area contributed by atoms with Crippen LogP contribution in [0.4, 0.5) is 0 Å². The van der Waals surface area contributed by atoms with Crippen molar-refractivity contribution in [1.82, 2.24) is 0 Å². The number of hydrogen-bond donors (Lipinski definition) is 0. The summed E-state index contributed by atoms with van der Waals surface area (Å²) in [5.74, 6) is 0. The molecule has 0 heterocycles. The maximum absolute atomic E-state index is 9.83. The van der Waals surface area contributed by atoms with E-state index in [4.69, 9.17) is 4.74 Å². The molecule has 0 saturated heterocycles. The maximum atomic E-state index is 9.83. The zero-order valence-electron chi connectivity index (χ0n) is 6.58. The number of rotatable bonds is 8. The molecule has 13 heavy (non-hydrogen) atoms. The summed E-state index contributed by atoms with van der Waals surface area (Å²) in [6, 6.07) is 0. The molecule has 0 aromatic carbocycles. The van der Waals surface area contributed by atoms with Gasteiger partial charge in [0.2, 0.25) is 0 Å². The van der Waals surface area contributed by atoms with Gasteiger partial charge in [-0.1, -0.05) is 0 Å². The Labute approximate surface area is 76.5 Å². The molecular weight excluding hydrogens is 222 g/mol. The fourth-order valence-corrected chi connectivity index (χ4v) is 0.891. The molecule has 0 amide bonds. The lowest BCUT2D eigenvalue weighted by atomic mass is 10.7. The molecule has 7 nitrogen and oxygen atoms in total. The van der Waals surface area contributed by atoms with E-state index in [1.165, 1.54) is 0 Å². The maximum Gasteiger partial charge on any atom is 0.488 e. The predicted octanol–water partition coefficient (Wildman–Crippen LogP) is -0.928. The van der Waals surface area contributed by atoms with Gasteiger partial charge < -0.3 is 14.5 Å². The molecule has 0 rings (SSSR count). The quantitative estimate of drug-likeness (QED) is 0.391. The molecule has 0 aliphatic carbocycles. The van der Waals surface area contributed by atoms with Crippen molar-refractivity contribution >= 4 is 16.5 Å². The van der Waals surface area contributed by atoms with Gasteiger partial charge in [-0.3, -0.25) is 0 Å². The Bertz CT molecular complexity index is 154. The molecule has 76 valence electrons. The molecule has 0 aliphatic heterocycles. The van der Waals surface area contributed by atoms with Crippen LogP contribution in [0, 0.1) is 0 Å². The van der Waals surface area contributed by atoms with Crippen LogP contribution in [-0.2, 0) is 22.9 Å². The van der Waals surface area contributed by atoms with Gasteiger partial charge in [-0.25, -0.2) is 0 Å². The monoisotopic (exact) mass is 230 g/mol. The second kappa shape index (κ2) is 8.59. The fourth-order valence-electron chi connectivity index (χ4n) is 0.444. The minimum atomic E-state index is -2.84. The Morgan fingerprint density at radius 3 is 1.54 bits per heavy atom. The minimum absolute atomic E-state index is 0.0717. The third-order valence-corrected chi connectivity index (χ3v) is 1.64. The van der Waals surface area contributed by atoms with E-state index in [9.17, 15) is 18.9 Å². The first-order valence-corrected chi connectivity index (χ1v) is 5.44. The predicted molar refractivity (Wildman–Crippen MR) is 37.9 cm³/mol. The second-order valence-electron chi connectivity index (χ2n) is 1.73. The lowest BCUT2D eigenvalue weighted by Crippen LogP contribution is -2.08. The Morgan fingerprint density at radius 2 is 1.23 bits per heavy atom. The standard InChI is InChI=1S/C4H8O7P2/c5-12(6)10-3-1-9-2-4-11-13(7)8/h1-4H2. The lowest BCUT2D eigenvalue weighted by molar-refractivity contribution is -0.186. The third-order valence-electron chi connectivity index (χ3n) is 0.849. The van der Waals surface area contributed by atoms with Crippen LogP contribution in [-0.4, -0.2) is 26.4 Å². The second-order valence-corrected chi connectivity index (χ2v) is 3.14. The molecular formula is C4H8O7P2. The highest BCUT2D eigenvalue weighted by Crippen LogP contribution is 2.08. The van der Waals surface area contributed by atoms with E-state index in [0.717, 1.165) is 0 Å². The van der Waals surface area contributed by atoms with E-state index in [1.54, 1.807) is 0 Å². The van der Waals surface area contributed by atoms with Gasteiger partial charge in [-0.2, -0.15) is 0 Å². The van der Waals surface area contributed by atoms with Gasteiger partial charge in [0, 0.05) is 0 Å². The molecule has 2 unspecified atom stereocenters. The summed E-state index contributed by atoms with van der Waals surface area (Å²) < 4.78 is 32.7. The Hall–Kier alpha value is -0.0000000000000000486. The zero-order valence-corrected chi connectivity index (χ0v) is 8.37. The molecule has 0 radical (unpaired) electrons. The van der Waals surface area contributed by atoms with Crippen LogP contribution in [0.1, 0.15) is 0 Å². The minimum Gasteiger partial charge on any atom is -0.566 e. The van der Waals surface area contributed by atoms with Crippen LogP contribution in [0.15, 0.2) is 0 Å². The van der Waals surface area contributed by atoms with Gasteiger partial charge >= 0.3 is 16.5 Å². The highest BCUT2D eigenvalue weighted by molar-refractivity contribution is 7.30.